The molecule has 6 heteroatoms. The highest BCUT2D eigenvalue weighted by molar-refractivity contribution is 5.77. The normalized spacial score (nSPS) is 11.8. The highest BCUT2D eigenvalue weighted by atomic mass is 16.5. The van der Waals surface area contributed by atoms with Crippen LogP contribution in [-0.2, 0) is 9.53 Å². The van der Waals surface area contributed by atoms with Crippen LogP contribution >= 0.6 is 0 Å². The largest absolute Gasteiger partial charge is 0.496 e. The topological polar surface area (TPSA) is 74.2 Å². The van der Waals surface area contributed by atoms with Crippen LogP contribution in [0.25, 0.3) is 0 Å². The average Bonchev–Trinajstić information content (AvgIpc) is 2.38. The van der Waals surface area contributed by atoms with E-state index in [-0.39, 0.29) is 0 Å². The Bertz CT molecular complexity index is 404. The van der Waals surface area contributed by atoms with E-state index in [4.69, 9.17) is 24.1 Å². The van der Waals surface area contributed by atoms with E-state index in [2.05, 4.69) is 0 Å². The van der Waals surface area contributed by atoms with E-state index in [1.807, 2.05) is 0 Å². The first kappa shape index (κ1) is 14.1. The number of hydrogen-bond acceptors (Lipinski definition) is 5. The summed E-state index contributed by atoms with van der Waals surface area (Å²) in [6.07, 6.45) is -1.17. The van der Waals surface area contributed by atoms with Gasteiger partial charge in [0.1, 0.15) is 17.2 Å². The lowest BCUT2D eigenvalue weighted by molar-refractivity contribution is -0.149. The molecular formula is C12H16O6. The molecule has 0 amide bonds. The van der Waals surface area contributed by atoms with Crippen molar-refractivity contribution >= 4 is 5.97 Å². The number of methoxy groups -OCH3 is 4. The first-order chi connectivity index (χ1) is 8.58. The van der Waals surface area contributed by atoms with Crippen molar-refractivity contribution in [3.05, 3.63) is 17.7 Å². The fourth-order valence-corrected chi connectivity index (χ4v) is 1.63. The Balaban J connectivity index is 3.43. The van der Waals surface area contributed by atoms with E-state index < -0.39 is 12.1 Å². The molecule has 6 nitrogen and oxygen atoms in total. The maximum Gasteiger partial charge on any atom is 0.337 e. The van der Waals surface area contributed by atoms with Crippen LogP contribution in [0.15, 0.2) is 12.1 Å². The molecule has 0 radical (unpaired) electrons. The Hall–Kier alpha value is -1.95. The average molecular weight is 256 g/mol. The second kappa shape index (κ2) is 6.11. The third-order valence-electron chi connectivity index (χ3n) is 2.48. The number of hydrogen-bond donors (Lipinski definition) is 1. The highest BCUT2D eigenvalue weighted by Gasteiger charge is 2.28. The van der Waals surface area contributed by atoms with Gasteiger partial charge in [-0.05, 0) is 0 Å². The zero-order valence-electron chi connectivity index (χ0n) is 10.7. The van der Waals surface area contributed by atoms with Crippen molar-refractivity contribution in [2.24, 2.45) is 0 Å². The predicted octanol–water partition coefficient (Wildman–Crippen LogP) is 1.48. The summed E-state index contributed by atoms with van der Waals surface area (Å²) in [7, 11) is 5.68. The first-order valence-corrected chi connectivity index (χ1v) is 5.14. The number of carbonyl (C=O) groups is 1. The zero-order valence-corrected chi connectivity index (χ0v) is 10.7. The Morgan fingerprint density at radius 1 is 1.06 bits per heavy atom. The van der Waals surface area contributed by atoms with E-state index in [0.29, 0.717) is 22.8 Å². The summed E-state index contributed by atoms with van der Waals surface area (Å²) in [4.78, 5) is 11.2. The predicted molar refractivity (Wildman–Crippen MR) is 63.5 cm³/mol. The zero-order chi connectivity index (χ0) is 13.7. The molecule has 0 saturated heterocycles. The van der Waals surface area contributed by atoms with Gasteiger partial charge in [-0.3, -0.25) is 0 Å². The Morgan fingerprint density at radius 3 is 1.83 bits per heavy atom. The van der Waals surface area contributed by atoms with Gasteiger partial charge >= 0.3 is 5.97 Å². The van der Waals surface area contributed by atoms with Crippen molar-refractivity contribution in [3.8, 4) is 17.2 Å². The van der Waals surface area contributed by atoms with Crippen LogP contribution in [-0.4, -0.2) is 39.5 Å². The Labute approximate surface area is 105 Å². The van der Waals surface area contributed by atoms with Crippen molar-refractivity contribution in [3.63, 3.8) is 0 Å². The minimum absolute atomic E-state index is 0.316. The summed E-state index contributed by atoms with van der Waals surface area (Å²) in [6, 6.07) is 3.15. The first-order valence-electron chi connectivity index (χ1n) is 5.14. The van der Waals surface area contributed by atoms with Crippen LogP contribution in [0.2, 0.25) is 0 Å². The smallest absolute Gasteiger partial charge is 0.337 e. The van der Waals surface area contributed by atoms with Gasteiger partial charge in [-0.1, -0.05) is 0 Å². The molecule has 100 valence electrons. The quantitative estimate of drug-likeness (QED) is 0.831. The summed E-state index contributed by atoms with van der Waals surface area (Å²) in [5, 5.41) is 9.13. The maximum absolute atomic E-state index is 11.2. The summed E-state index contributed by atoms with van der Waals surface area (Å²) in [5.74, 6) is 0.0489. The van der Waals surface area contributed by atoms with Crippen LogP contribution in [0.3, 0.4) is 0 Å². The molecule has 0 aliphatic heterocycles. The van der Waals surface area contributed by atoms with E-state index >= 15 is 0 Å². The number of ether oxygens (including phenoxy) is 4. The van der Waals surface area contributed by atoms with Crippen molar-refractivity contribution in [2.75, 3.05) is 28.4 Å². The molecule has 0 aliphatic rings. The van der Waals surface area contributed by atoms with Crippen LogP contribution in [0.5, 0.6) is 17.2 Å². The van der Waals surface area contributed by atoms with Gasteiger partial charge in [0, 0.05) is 19.2 Å². The number of aliphatic carboxylic acids is 1. The molecule has 0 aliphatic carbocycles. The van der Waals surface area contributed by atoms with Gasteiger partial charge in [-0.25, -0.2) is 4.79 Å². The van der Waals surface area contributed by atoms with E-state index in [9.17, 15) is 4.79 Å². The molecule has 0 fully saturated rings. The molecule has 1 N–H and O–H groups in total. The summed E-state index contributed by atoms with van der Waals surface area (Å²) < 4.78 is 20.4. The lowest BCUT2D eigenvalue weighted by atomic mass is 10.1. The number of carboxylic acid groups (broad SMARTS) is 1. The molecule has 1 unspecified atom stereocenters. The van der Waals surface area contributed by atoms with E-state index in [1.54, 1.807) is 12.1 Å². The molecule has 1 atom stereocenters. The second-order valence-corrected chi connectivity index (χ2v) is 3.40. The van der Waals surface area contributed by atoms with Crippen molar-refractivity contribution in [1.29, 1.82) is 0 Å². The Kier molecular flexibility index (Phi) is 4.79. The second-order valence-electron chi connectivity index (χ2n) is 3.40. The number of carboxylic acids is 1. The standard InChI is InChI=1S/C12H16O6/c1-15-7-5-8(16-2)10(9(6-7)17-3)11(18-4)12(13)14/h5-6,11H,1-4H3,(H,13,14). The molecule has 1 rings (SSSR count). The fourth-order valence-electron chi connectivity index (χ4n) is 1.63. The van der Waals surface area contributed by atoms with Crippen LogP contribution in [0.4, 0.5) is 0 Å². The van der Waals surface area contributed by atoms with Gasteiger partial charge in [0.25, 0.3) is 0 Å². The number of rotatable bonds is 6. The van der Waals surface area contributed by atoms with Crippen LogP contribution in [0, 0.1) is 0 Å². The van der Waals surface area contributed by atoms with Crippen molar-refractivity contribution in [2.45, 2.75) is 6.10 Å². The third kappa shape index (κ3) is 2.65. The molecule has 0 aromatic heterocycles. The lowest BCUT2D eigenvalue weighted by Crippen LogP contribution is -2.15. The fraction of sp³-hybridized carbons (Fsp3) is 0.417. The van der Waals surface area contributed by atoms with Gasteiger partial charge < -0.3 is 24.1 Å². The summed E-state index contributed by atoms with van der Waals surface area (Å²) >= 11 is 0. The summed E-state index contributed by atoms with van der Waals surface area (Å²) in [5.41, 5.74) is 0.316. The molecular weight excluding hydrogens is 240 g/mol. The number of benzene rings is 1. The molecule has 0 bridgehead atoms. The van der Waals surface area contributed by atoms with Crippen LogP contribution in [0.1, 0.15) is 11.7 Å². The Morgan fingerprint density at radius 2 is 1.56 bits per heavy atom. The molecule has 1 aromatic rings. The lowest BCUT2D eigenvalue weighted by Gasteiger charge is -2.19. The van der Waals surface area contributed by atoms with Gasteiger partial charge in [-0.2, -0.15) is 0 Å². The molecule has 1 aromatic carbocycles. The van der Waals surface area contributed by atoms with Gasteiger partial charge in [0.05, 0.1) is 26.9 Å². The molecule has 0 spiro atoms. The minimum atomic E-state index is -1.17. The van der Waals surface area contributed by atoms with E-state index in [0.717, 1.165) is 0 Å². The van der Waals surface area contributed by atoms with Crippen molar-refractivity contribution < 1.29 is 28.8 Å². The van der Waals surface area contributed by atoms with Crippen LogP contribution < -0.4 is 14.2 Å². The minimum Gasteiger partial charge on any atom is -0.496 e. The van der Waals surface area contributed by atoms with Crippen molar-refractivity contribution in [1.82, 2.24) is 0 Å². The third-order valence-corrected chi connectivity index (χ3v) is 2.48. The molecule has 0 heterocycles. The molecule has 18 heavy (non-hydrogen) atoms. The van der Waals surface area contributed by atoms with Gasteiger partial charge in [0.2, 0.25) is 0 Å². The van der Waals surface area contributed by atoms with Gasteiger partial charge in [0.15, 0.2) is 6.10 Å². The maximum atomic E-state index is 11.2. The SMILES string of the molecule is COc1cc(OC)c(C(OC)C(=O)O)c(OC)c1. The molecule has 0 saturated carbocycles. The van der Waals surface area contributed by atoms with Gasteiger partial charge in [-0.15, -0.1) is 0 Å². The highest BCUT2D eigenvalue weighted by Crippen LogP contribution is 2.39. The summed E-state index contributed by atoms with van der Waals surface area (Å²) in [6.45, 7) is 0. The monoisotopic (exact) mass is 256 g/mol. The van der Waals surface area contributed by atoms with E-state index in [1.165, 1.54) is 28.4 Å².